The van der Waals surface area contributed by atoms with Crippen LogP contribution in [0.5, 0.6) is 5.75 Å². The van der Waals surface area contributed by atoms with Crippen molar-refractivity contribution in [3.05, 3.63) is 52.8 Å². The molecule has 1 heterocycles. The summed E-state index contributed by atoms with van der Waals surface area (Å²) in [5.41, 5.74) is 0.543. The SMILES string of the molecule is CN(Cc1ccccc1O)S(=O)(=O)c1cncc(Br)c1. The zero-order valence-electron chi connectivity index (χ0n) is 10.7. The van der Waals surface area contributed by atoms with E-state index < -0.39 is 10.0 Å². The van der Waals surface area contributed by atoms with Gasteiger partial charge in [0.2, 0.25) is 10.0 Å². The van der Waals surface area contributed by atoms with E-state index >= 15 is 0 Å². The van der Waals surface area contributed by atoms with E-state index in [4.69, 9.17) is 0 Å². The van der Waals surface area contributed by atoms with Crippen LogP contribution < -0.4 is 0 Å². The summed E-state index contributed by atoms with van der Waals surface area (Å²) < 4.78 is 26.5. The zero-order valence-corrected chi connectivity index (χ0v) is 13.1. The van der Waals surface area contributed by atoms with Crippen molar-refractivity contribution in [2.45, 2.75) is 11.4 Å². The summed E-state index contributed by atoms with van der Waals surface area (Å²) in [5, 5.41) is 9.70. The lowest BCUT2D eigenvalue weighted by atomic mass is 10.2. The van der Waals surface area contributed by atoms with Crippen molar-refractivity contribution in [3.63, 3.8) is 0 Å². The Hall–Kier alpha value is -1.44. The van der Waals surface area contributed by atoms with Gasteiger partial charge in [0.05, 0.1) is 0 Å². The van der Waals surface area contributed by atoms with Gasteiger partial charge in [-0.3, -0.25) is 4.98 Å². The van der Waals surface area contributed by atoms with E-state index in [9.17, 15) is 13.5 Å². The first-order valence-electron chi connectivity index (χ1n) is 5.75. The summed E-state index contributed by atoms with van der Waals surface area (Å²) in [4.78, 5) is 3.96. The summed E-state index contributed by atoms with van der Waals surface area (Å²) in [6, 6.07) is 8.13. The Bertz CT molecular complexity index is 719. The van der Waals surface area contributed by atoms with Crippen LogP contribution in [0.3, 0.4) is 0 Å². The normalized spacial score (nSPS) is 11.8. The quantitative estimate of drug-likeness (QED) is 0.912. The standard InChI is InChI=1S/C13H13BrN2O3S/c1-16(9-10-4-2-3-5-13(10)17)20(18,19)12-6-11(14)7-15-8-12/h2-8,17H,9H2,1H3. The minimum atomic E-state index is -3.65. The number of pyridine rings is 1. The number of rotatable bonds is 4. The molecule has 0 bridgehead atoms. The largest absolute Gasteiger partial charge is 0.508 e. The highest BCUT2D eigenvalue weighted by Crippen LogP contribution is 2.22. The minimum absolute atomic E-state index is 0.0712. The molecule has 106 valence electrons. The molecule has 0 amide bonds. The van der Waals surface area contributed by atoms with Crippen LogP contribution in [-0.4, -0.2) is 29.9 Å². The van der Waals surface area contributed by atoms with Crippen LogP contribution in [-0.2, 0) is 16.6 Å². The highest BCUT2D eigenvalue weighted by atomic mass is 79.9. The molecule has 0 radical (unpaired) electrons. The van der Waals surface area contributed by atoms with Crippen molar-refractivity contribution in [1.82, 2.24) is 9.29 Å². The average Bonchev–Trinajstić information content (AvgIpc) is 2.41. The zero-order chi connectivity index (χ0) is 14.8. The van der Waals surface area contributed by atoms with E-state index in [-0.39, 0.29) is 17.2 Å². The summed E-state index contributed by atoms with van der Waals surface area (Å²) >= 11 is 3.20. The number of para-hydroxylation sites is 1. The third kappa shape index (κ3) is 3.17. The predicted molar refractivity (Wildman–Crippen MR) is 78.7 cm³/mol. The van der Waals surface area contributed by atoms with Crippen LogP contribution in [0.25, 0.3) is 0 Å². The number of phenols is 1. The maximum Gasteiger partial charge on any atom is 0.244 e. The number of aromatic nitrogens is 1. The number of hydrogen-bond donors (Lipinski definition) is 1. The number of benzene rings is 1. The monoisotopic (exact) mass is 356 g/mol. The van der Waals surface area contributed by atoms with Crippen LogP contribution in [0, 0.1) is 0 Å². The summed E-state index contributed by atoms with van der Waals surface area (Å²) in [5.74, 6) is 0.0712. The van der Waals surface area contributed by atoms with Crippen LogP contribution in [0.1, 0.15) is 5.56 Å². The van der Waals surface area contributed by atoms with E-state index in [1.807, 2.05) is 0 Å². The predicted octanol–water partition coefficient (Wildman–Crippen LogP) is 2.37. The third-order valence-corrected chi connectivity index (χ3v) is 4.97. The van der Waals surface area contributed by atoms with Gasteiger partial charge in [0.1, 0.15) is 10.6 Å². The second-order valence-electron chi connectivity index (χ2n) is 4.23. The molecule has 5 nitrogen and oxygen atoms in total. The highest BCUT2D eigenvalue weighted by molar-refractivity contribution is 9.10. The lowest BCUT2D eigenvalue weighted by Crippen LogP contribution is -2.26. The number of hydrogen-bond acceptors (Lipinski definition) is 4. The fourth-order valence-electron chi connectivity index (χ4n) is 1.68. The third-order valence-electron chi connectivity index (χ3n) is 2.77. The van der Waals surface area contributed by atoms with Crippen LogP contribution >= 0.6 is 15.9 Å². The number of halogens is 1. The van der Waals surface area contributed by atoms with E-state index in [0.717, 1.165) is 0 Å². The number of nitrogens with zero attached hydrogens (tertiary/aromatic N) is 2. The van der Waals surface area contributed by atoms with Gasteiger partial charge in [-0.2, -0.15) is 4.31 Å². The minimum Gasteiger partial charge on any atom is -0.508 e. The maximum atomic E-state index is 12.4. The Kier molecular flexibility index (Phi) is 4.42. The molecule has 0 atom stereocenters. The summed E-state index contributed by atoms with van der Waals surface area (Å²) in [6.07, 6.45) is 2.81. The van der Waals surface area contributed by atoms with Crippen molar-refractivity contribution in [2.24, 2.45) is 0 Å². The van der Waals surface area contributed by atoms with Crippen molar-refractivity contribution in [3.8, 4) is 5.75 Å². The Morgan fingerprint density at radius 3 is 2.65 bits per heavy atom. The van der Waals surface area contributed by atoms with Gasteiger partial charge in [0.15, 0.2) is 0 Å². The van der Waals surface area contributed by atoms with Gasteiger partial charge in [-0.15, -0.1) is 0 Å². The maximum absolute atomic E-state index is 12.4. The average molecular weight is 357 g/mol. The smallest absolute Gasteiger partial charge is 0.244 e. The molecular weight excluding hydrogens is 344 g/mol. The van der Waals surface area contributed by atoms with Gasteiger partial charge in [-0.25, -0.2) is 8.42 Å². The fourth-order valence-corrected chi connectivity index (χ4v) is 3.34. The molecule has 0 unspecified atom stereocenters. The Labute approximate surface area is 126 Å². The molecule has 1 N–H and O–H groups in total. The molecule has 0 aliphatic rings. The molecule has 1 aromatic carbocycles. The first kappa shape index (κ1) is 15.0. The van der Waals surface area contributed by atoms with Crippen molar-refractivity contribution in [1.29, 1.82) is 0 Å². The molecule has 0 aliphatic carbocycles. The summed E-state index contributed by atoms with van der Waals surface area (Å²) in [7, 11) is -2.19. The molecule has 0 fully saturated rings. The van der Waals surface area contributed by atoms with Crippen molar-refractivity contribution in [2.75, 3.05) is 7.05 Å². The molecule has 0 saturated carbocycles. The van der Waals surface area contributed by atoms with Gasteiger partial charge >= 0.3 is 0 Å². The van der Waals surface area contributed by atoms with Crippen LogP contribution in [0.15, 0.2) is 52.1 Å². The number of phenolic OH excluding ortho intramolecular Hbond substituents is 1. The van der Waals surface area contributed by atoms with Gasteiger partial charge in [0, 0.05) is 36.0 Å². The molecule has 2 aromatic rings. The molecule has 0 spiro atoms. The fraction of sp³-hybridized carbons (Fsp3) is 0.154. The molecule has 7 heteroatoms. The van der Waals surface area contributed by atoms with Gasteiger partial charge in [-0.1, -0.05) is 18.2 Å². The van der Waals surface area contributed by atoms with E-state index in [1.54, 1.807) is 18.2 Å². The van der Waals surface area contributed by atoms with Gasteiger partial charge < -0.3 is 5.11 Å². The lowest BCUT2D eigenvalue weighted by Gasteiger charge is -2.17. The Morgan fingerprint density at radius 1 is 1.30 bits per heavy atom. The van der Waals surface area contributed by atoms with E-state index in [0.29, 0.717) is 10.0 Å². The Balaban J connectivity index is 2.29. The van der Waals surface area contributed by atoms with Gasteiger partial charge in [-0.05, 0) is 28.1 Å². The second kappa shape index (κ2) is 5.90. The van der Waals surface area contributed by atoms with E-state index in [2.05, 4.69) is 20.9 Å². The number of sulfonamides is 1. The second-order valence-corrected chi connectivity index (χ2v) is 7.19. The van der Waals surface area contributed by atoms with Crippen LogP contribution in [0.4, 0.5) is 0 Å². The molecule has 0 aliphatic heterocycles. The van der Waals surface area contributed by atoms with Crippen molar-refractivity contribution >= 4 is 26.0 Å². The number of aromatic hydroxyl groups is 1. The van der Waals surface area contributed by atoms with Gasteiger partial charge in [0.25, 0.3) is 0 Å². The van der Waals surface area contributed by atoms with E-state index in [1.165, 1.54) is 35.9 Å². The van der Waals surface area contributed by atoms with Crippen LogP contribution in [0.2, 0.25) is 0 Å². The molecule has 2 rings (SSSR count). The Morgan fingerprint density at radius 2 is 2.00 bits per heavy atom. The molecule has 20 heavy (non-hydrogen) atoms. The lowest BCUT2D eigenvalue weighted by molar-refractivity contribution is 0.435. The van der Waals surface area contributed by atoms with Crippen molar-refractivity contribution < 1.29 is 13.5 Å². The molecule has 0 saturated heterocycles. The summed E-state index contributed by atoms with van der Waals surface area (Å²) in [6.45, 7) is 0.0848. The molecule has 1 aromatic heterocycles. The first-order valence-corrected chi connectivity index (χ1v) is 7.98. The highest BCUT2D eigenvalue weighted by Gasteiger charge is 2.22. The molecular formula is C13H13BrN2O3S. The topological polar surface area (TPSA) is 70.5 Å². The first-order chi connectivity index (χ1) is 9.41.